The van der Waals surface area contributed by atoms with E-state index in [4.69, 9.17) is 16.3 Å². The number of carbonyl (C=O) groups is 1. The number of benzene rings is 1. The van der Waals surface area contributed by atoms with Gasteiger partial charge in [0.15, 0.2) is 17.8 Å². The van der Waals surface area contributed by atoms with Crippen molar-refractivity contribution in [2.75, 3.05) is 12.4 Å². The summed E-state index contributed by atoms with van der Waals surface area (Å²) in [5.41, 5.74) is 5.33. The summed E-state index contributed by atoms with van der Waals surface area (Å²) in [6.45, 7) is 3.93. The second-order valence-electron chi connectivity index (χ2n) is 7.05. The normalized spacial score (nSPS) is 12.2. The van der Waals surface area contributed by atoms with E-state index >= 15 is 0 Å². The highest BCUT2D eigenvalue weighted by atomic mass is 35.5. The lowest BCUT2D eigenvalue weighted by Gasteiger charge is -2.22. The van der Waals surface area contributed by atoms with E-state index in [9.17, 15) is 4.79 Å². The Hall–Kier alpha value is -3.39. The maximum atomic E-state index is 11.3. The van der Waals surface area contributed by atoms with Gasteiger partial charge in [-0.05, 0) is 31.5 Å². The Balaban J connectivity index is 1.82. The number of H-pyrrole nitrogens is 1. The van der Waals surface area contributed by atoms with Crippen molar-refractivity contribution in [3.63, 3.8) is 0 Å². The van der Waals surface area contributed by atoms with Crippen molar-refractivity contribution in [1.82, 2.24) is 24.5 Å². The fourth-order valence-electron chi connectivity index (χ4n) is 3.62. The number of anilines is 1. The Kier molecular flexibility index (Phi) is 5.17. The van der Waals surface area contributed by atoms with Crippen LogP contribution in [0.1, 0.15) is 34.6 Å². The number of aldehydes is 1. The van der Waals surface area contributed by atoms with Crippen LogP contribution in [0.5, 0.6) is 5.75 Å². The zero-order valence-electron chi connectivity index (χ0n) is 17.0. The first-order chi connectivity index (χ1) is 14.4. The molecule has 0 aliphatic rings. The van der Waals surface area contributed by atoms with E-state index in [0.29, 0.717) is 33.4 Å². The predicted molar refractivity (Wildman–Crippen MR) is 116 cm³/mol. The number of rotatable bonds is 6. The number of carbonyl (C=O) groups excluding carboxylic acids is 1. The molecule has 1 unspecified atom stereocenters. The highest BCUT2D eigenvalue weighted by Gasteiger charge is 2.23. The lowest BCUT2D eigenvalue weighted by Crippen LogP contribution is -2.11. The Morgan fingerprint density at radius 3 is 2.80 bits per heavy atom. The largest absolute Gasteiger partial charge is 0.496 e. The molecule has 0 aliphatic heterocycles. The molecule has 2 N–H and O–H groups in total. The molecule has 0 saturated heterocycles. The summed E-state index contributed by atoms with van der Waals surface area (Å²) in [7, 11) is 3.46. The third-order valence-electron chi connectivity index (χ3n) is 5.20. The second kappa shape index (κ2) is 7.79. The molecule has 0 amide bonds. The summed E-state index contributed by atoms with van der Waals surface area (Å²) < 4.78 is 7.61. The summed E-state index contributed by atoms with van der Waals surface area (Å²) in [4.78, 5) is 27.1. The van der Waals surface area contributed by atoms with Crippen molar-refractivity contribution in [3.8, 4) is 16.9 Å². The lowest BCUT2D eigenvalue weighted by atomic mass is 9.95. The summed E-state index contributed by atoms with van der Waals surface area (Å²) >= 11 is 6.60. The number of halogens is 1. The van der Waals surface area contributed by atoms with E-state index in [0.717, 1.165) is 28.5 Å². The van der Waals surface area contributed by atoms with Crippen LogP contribution in [-0.4, -0.2) is 37.9 Å². The number of hydrogen-bond acceptors (Lipinski definition) is 6. The van der Waals surface area contributed by atoms with Crippen LogP contribution in [0.15, 0.2) is 31.0 Å². The second-order valence-corrected chi connectivity index (χ2v) is 7.46. The molecule has 3 aromatic heterocycles. The average molecular weight is 425 g/mol. The Bertz CT molecular complexity index is 1250. The van der Waals surface area contributed by atoms with Crippen molar-refractivity contribution in [2.45, 2.75) is 19.9 Å². The molecule has 3 heterocycles. The fourth-order valence-corrected chi connectivity index (χ4v) is 3.83. The number of methoxy groups -OCH3 is 1. The number of nitrogens with zero attached hydrogens (tertiary/aromatic N) is 4. The van der Waals surface area contributed by atoms with Gasteiger partial charge in [0.2, 0.25) is 0 Å². The van der Waals surface area contributed by atoms with Gasteiger partial charge >= 0.3 is 0 Å². The topological polar surface area (TPSA) is 97.7 Å². The van der Waals surface area contributed by atoms with E-state index in [2.05, 4.69) is 25.3 Å². The van der Waals surface area contributed by atoms with E-state index in [1.54, 1.807) is 18.0 Å². The van der Waals surface area contributed by atoms with Gasteiger partial charge in [0.05, 0.1) is 25.2 Å². The summed E-state index contributed by atoms with van der Waals surface area (Å²) in [6, 6.07) is 3.53. The number of hydrogen-bond donors (Lipinski definition) is 2. The highest BCUT2D eigenvalue weighted by Crippen LogP contribution is 2.43. The first-order valence-corrected chi connectivity index (χ1v) is 9.71. The molecule has 0 aliphatic carbocycles. The molecule has 0 saturated carbocycles. The number of fused-ring (bicyclic) bond motifs is 1. The molecular weight excluding hydrogens is 404 g/mol. The van der Waals surface area contributed by atoms with Crippen LogP contribution in [0, 0.1) is 6.92 Å². The number of aryl methyl sites for hydroxylation is 1. The Morgan fingerprint density at radius 1 is 1.30 bits per heavy atom. The molecule has 0 radical (unpaired) electrons. The van der Waals surface area contributed by atoms with Crippen molar-refractivity contribution in [1.29, 1.82) is 0 Å². The third-order valence-corrected chi connectivity index (χ3v) is 5.59. The molecule has 30 heavy (non-hydrogen) atoms. The highest BCUT2D eigenvalue weighted by molar-refractivity contribution is 6.32. The molecule has 8 nitrogen and oxygen atoms in total. The molecule has 4 aromatic rings. The summed E-state index contributed by atoms with van der Waals surface area (Å²) in [6.07, 6.45) is 5.78. The van der Waals surface area contributed by atoms with E-state index in [1.807, 2.05) is 39.2 Å². The summed E-state index contributed by atoms with van der Waals surface area (Å²) in [5.74, 6) is 1.30. The molecule has 1 aromatic carbocycles. The van der Waals surface area contributed by atoms with Gasteiger partial charge < -0.3 is 19.6 Å². The molecule has 4 rings (SSSR count). The number of imidazole rings is 1. The first kappa shape index (κ1) is 19.9. The first-order valence-electron chi connectivity index (χ1n) is 9.34. The minimum absolute atomic E-state index is 0.194. The van der Waals surface area contributed by atoms with Gasteiger partial charge in [0.1, 0.15) is 17.6 Å². The number of aromatic amines is 1. The van der Waals surface area contributed by atoms with Gasteiger partial charge in [0.25, 0.3) is 0 Å². The zero-order valence-corrected chi connectivity index (χ0v) is 17.8. The van der Waals surface area contributed by atoms with Crippen LogP contribution in [0.3, 0.4) is 0 Å². The molecule has 9 heteroatoms. The van der Waals surface area contributed by atoms with Crippen LogP contribution in [-0.2, 0) is 7.05 Å². The van der Waals surface area contributed by atoms with Crippen LogP contribution >= 0.6 is 11.6 Å². The summed E-state index contributed by atoms with van der Waals surface area (Å²) in [5, 5.41) is 3.99. The molecule has 0 bridgehead atoms. The van der Waals surface area contributed by atoms with Crippen LogP contribution in [0.4, 0.5) is 5.82 Å². The Labute approximate surface area is 178 Å². The molecule has 0 spiro atoms. The van der Waals surface area contributed by atoms with Crippen LogP contribution < -0.4 is 10.1 Å². The quantitative estimate of drug-likeness (QED) is 0.447. The van der Waals surface area contributed by atoms with Crippen LogP contribution in [0.25, 0.3) is 22.3 Å². The van der Waals surface area contributed by atoms with Crippen molar-refractivity contribution in [3.05, 3.63) is 52.8 Å². The van der Waals surface area contributed by atoms with Crippen molar-refractivity contribution >= 4 is 34.9 Å². The Morgan fingerprint density at radius 2 is 2.10 bits per heavy atom. The third kappa shape index (κ3) is 3.29. The fraction of sp³-hybridized carbons (Fsp3) is 0.238. The minimum Gasteiger partial charge on any atom is -0.496 e. The number of nitrogens with one attached hydrogen (secondary N) is 2. The number of aromatic nitrogens is 5. The van der Waals surface area contributed by atoms with Gasteiger partial charge in [-0.1, -0.05) is 11.6 Å². The van der Waals surface area contributed by atoms with Crippen molar-refractivity contribution < 1.29 is 9.53 Å². The molecule has 154 valence electrons. The van der Waals surface area contributed by atoms with Crippen LogP contribution in [0.2, 0.25) is 5.02 Å². The smallest absolute Gasteiger partial charge is 0.166 e. The SMILES string of the molecule is COc1c(C(C)Nc2ncnc3[nH]cnc23)cc(Cl)c(C)c1-c1cc(C=O)n(C)c1. The average Bonchev–Trinajstić information content (AvgIpc) is 3.36. The maximum absolute atomic E-state index is 11.3. The minimum atomic E-state index is -0.194. The molecular formula is C21H21ClN6O2. The monoisotopic (exact) mass is 424 g/mol. The zero-order chi connectivity index (χ0) is 21.4. The standard InChI is InChI=1S/C21H21ClN6O2/c1-11-16(22)6-15(12(2)27-21-18-20(24-9-23-18)25-10-26-21)19(30-4)17(11)13-5-14(8-29)28(3)7-13/h5-10,12H,1-4H3,(H2,23,24,25,26,27). The van der Waals surface area contributed by atoms with E-state index in [1.165, 1.54) is 6.33 Å². The molecule has 0 fully saturated rings. The van der Waals surface area contributed by atoms with Gasteiger partial charge in [-0.3, -0.25) is 4.79 Å². The lowest BCUT2D eigenvalue weighted by molar-refractivity contribution is 0.111. The van der Waals surface area contributed by atoms with Gasteiger partial charge in [-0.2, -0.15) is 0 Å². The van der Waals surface area contributed by atoms with Gasteiger partial charge in [-0.25, -0.2) is 15.0 Å². The van der Waals surface area contributed by atoms with E-state index < -0.39 is 0 Å². The maximum Gasteiger partial charge on any atom is 0.166 e. The van der Waals surface area contributed by atoms with E-state index in [-0.39, 0.29) is 6.04 Å². The predicted octanol–water partition coefficient (Wildman–Crippen LogP) is 4.31. The van der Waals surface area contributed by atoms with Crippen molar-refractivity contribution in [2.24, 2.45) is 7.05 Å². The van der Waals surface area contributed by atoms with Gasteiger partial charge in [-0.15, -0.1) is 0 Å². The molecule has 1 atom stereocenters. The number of ether oxygens (including phenoxy) is 1. The van der Waals surface area contributed by atoms with Gasteiger partial charge in [0, 0.05) is 35.0 Å².